The Morgan fingerprint density at radius 1 is 1.10 bits per heavy atom. The van der Waals surface area contributed by atoms with Gasteiger partial charge in [0.1, 0.15) is 5.65 Å². The lowest BCUT2D eigenvalue weighted by Gasteiger charge is -2.03. The van der Waals surface area contributed by atoms with Crippen molar-refractivity contribution in [1.29, 1.82) is 0 Å². The number of imidazole rings is 1. The molecule has 0 saturated heterocycles. The van der Waals surface area contributed by atoms with Gasteiger partial charge in [0.25, 0.3) is 0 Å². The highest BCUT2D eigenvalue weighted by Crippen LogP contribution is 2.26. The minimum absolute atomic E-state index is 0.454. The van der Waals surface area contributed by atoms with Gasteiger partial charge in [0, 0.05) is 11.8 Å². The third kappa shape index (κ3) is 2.20. The number of alkyl halides is 1. The van der Waals surface area contributed by atoms with Crippen molar-refractivity contribution in [3.05, 3.63) is 59.4 Å². The SMILES string of the molecule is CCc1ccc(-c2nc3ccc(C)cn3c2CCl)cc1. The molecule has 0 amide bonds. The van der Waals surface area contributed by atoms with E-state index in [-0.39, 0.29) is 0 Å². The summed E-state index contributed by atoms with van der Waals surface area (Å²) >= 11 is 6.15. The fourth-order valence-electron chi connectivity index (χ4n) is 2.46. The van der Waals surface area contributed by atoms with E-state index in [1.807, 2.05) is 6.07 Å². The van der Waals surface area contributed by atoms with Crippen LogP contribution in [0.25, 0.3) is 16.9 Å². The van der Waals surface area contributed by atoms with Gasteiger partial charge in [-0.3, -0.25) is 0 Å². The Hall–Kier alpha value is -1.80. The fourth-order valence-corrected chi connectivity index (χ4v) is 2.71. The summed E-state index contributed by atoms with van der Waals surface area (Å²) in [5.74, 6) is 0.454. The van der Waals surface area contributed by atoms with E-state index < -0.39 is 0 Å². The summed E-state index contributed by atoms with van der Waals surface area (Å²) in [5.41, 5.74) is 6.64. The number of fused-ring (bicyclic) bond motifs is 1. The molecule has 3 rings (SSSR count). The van der Waals surface area contributed by atoms with Crippen molar-refractivity contribution in [1.82, 2.24) is 9.38 Å². The van der Waals surface area contributed by atoms with Crippen LogP contribution in [0.4, 0.5) is 0 Å². The van der Waals surface area contributed by atoms with Gasteiger partial charge >= 0.3 is 0 Å². The maximum Gasteiger partial charge on any atom is 0.137 e. The minimum atomic E-state index is 0.454. The third-order valence-corrected chi connectivity index (χ3v) is 3.88. The van der Waals surface area contributed by atoms with Gasteiger partial charge in [0.05, 0.1) is 17.3 Å². The van der Waals surface area contributed by atoms with Crippen LogP contribution in [0.2, 0.25) is 0 Å². The molecule has 2 nitrogen and oxygen atoms in total. The molecule has 0 aliphatic rings. The van der Waals surface area contributed by atoms with E-state index in [2.05, 4.69) is 54.8 Å². The molecule has 0 atom stereocenters. The molecule has 0 aliphatic heterocycles. The predicted molar refractivity (Wildman–Crippen MR) is 84.3 cm³/mol. The topological polar surface area (TPSA) is 17.3 Å². The number of hydrogen-bond donors (Lipinski definition) is 0. The molecule has 3 aromatic rings. The van der Waals surface area contributed by atoms with Crippen molar-refractivity contribution >= 4 is 17.2 Å². The van der Waals surface area contributed by atoms with Crippen molar-refractivity contribution in [2.45, 2.75) is 26.1 Å². The zero-order chi connectivity index (χ0) is 14.1. The zero-order valence-corrected chi connectivity index (χ0v) is 12.5. The lowest BCUT2D eigenvalue weighted by molar-refractivity contribution is 1.07. The molecule has 0 fully saturated rings. The van der Waals surface area contributed by atoms with E-state index in [1.54, 1.807) is 0 Å². The van der Waals surface area contributed by atoms with Crippen LogP contribution < -0.4 is 0 Å². The second kappa shape index (κ2) is 5.29. The minimum Gasteiger partial charge on any atom is -0.302 e. The Bertz CT molecular complexity index is 742. The second-order valence-corrected chi connectivity index (χ2v) is 5.29. The van der Waals surface area contributed by atoms with E-state index in [0.717, 1.165) is 29.0 Å². The molecule has 0 spiro atoms. The standard InChI is InChI=1S/C17H17ClN2/c1-3-13-5-7-14(8-6-13)17-15(10-18)20-11-12(2)4-9-16(20)19-17/h4-9,11H,3,10H2,1-2H3. The Morgan fingerprint density at radius 2 is 1.85 bits per heavy atom. The molecule has 0 bridgehead atoms. The summed E-state index contributed by atoms with van der Waals surface area (Å²) in [6, 6.07) is 12.7. The normalized spacial score (nSPS) is 11.2. The third-order valence-electron chi connectivity index (χ3n) is 3.63. The van der Waals surface area contributed by atoms with Gasteiger partial charge in [0.2, 0.25) is 0 Å². The van der Waals surface area contributed by atoms with Crippen LogP contribution in [0.3, 0.4) is 0 Å². The van der Waals surface area contributed by atoms with Gasteiger partial charge in [-0.2, -0.15) is 0 Å². The molecular formula is C17H17ClN2. The molecule has 3 heteroatoms. The maximum atomic E-state index is 6.15. The Morgan fingerprint density at radius 3 is 2.50 bits per heavy atom. The number of hydrogen-bond acceptors (Lipinski definition) is 1. The van der Waals surface area contributed by atoms with Crippen molar-refractivity contribution in [2.24, 2.45) is 0 Å². The molecule has 0 aliphatic carbocycles. The summed E-state index contributed by atoms with van der Waals surface area (Å²) in [6.07, 6.45) is 3.14. The van der Waals surface area contributed by atoms with Crippen LogP contribution >= 0.6 is 11.6 Å². The smallest absolute Gasteiger partial charge is 0.137 e. The van der Waals surface area contributed by atoms with Gasteiger partial charge in [-0.25, -0.2) is 4.98 Å². The van der Waals surface area contributed by atoms with Gasteiger partial charge in [-0.1, -0.05) is 37.3 Å². The largest absolute Gasteiger partial charge is 0.302 e. The van der Waals surface area contributed by atoms with E-state index in [4.69, 9.17) is 16.6 Å². The van der Waals surface area contributed by atoms with E-state index in [9.17, 15) is 0 Å². The van der Waals surface area contributed by atoms with E-state index in [0.29, 0.717) is 5.88 Å². The first-order valence-corrected chi connectivity index (χ1v) is 7.39. The highest BCUT2D eigenvalue weighted by atomic mass is 35.5. The molecule has 0 unspecified atom stereocenters. The first kappa shape index (κ1) is 13.2. The summed E-state index contributed by atoms with van der Waals surface area (Å²) in [4.78, 5) is 4.73. The number of aromatic nitrogens is 2. The molecule has 1 aromatic carbocycles. The van der Waals surface area contributed by atoms with Gasteiger partial charge in [0.15, 0.2) is 0 Å². The van der Waals surface area contributed by atoms with Crippen molar-refractivity contribution in [2.75, 3.05) is 0 Å². The highest BCUT2D eigenvalue weighted by molar-refractivity contribution is 6.17. The second-order valence-electron chi connectivity index (χ2n) is 5.03. The molecule has 102 valence electrons. The Balaban J connectivity index is 2.19. The van der Waals surface area contributed by atoms with E-state index >= 15 is 0 Å². The van der Waals surface area contributed by atoms with E-state index in [1.165, 1.54) is 11.1 Å². The van der Waals surface area contributed by atoms with Crippen LogP contribution in [0.15, 0.2) is 42.6 Å². The Kier molecular flexibility index (Phi) is 3.49. The number of benzene rings is 1. The molecule has 0 radical (unpaired) electrons. The van der Waals surface area contributed by atoms with Crippen LogP contribution in [0.5, 0.6) is 0 Å². The first-order valence-electron chi connectivity index (χ1n) is 6.85. The number of rotatable bonds is 3. The summed E-state index contributed by atoms with van der Waals surface area (Å²) in [5, 5.41) is 0. The quantitative estimate of drug-likeness (QED) is 0.642. The summed E-state index contributed by atoms with van der Waals surface area (Å²) in [6.45, 7) is 4.24. The fraction of sp³-hybridized carbons (Fsp3) is 0.235. The highest BCUT2D eigenvalue weighted by Gasteiger charge is 2.13. The number of aryl methyl sites for hydroxylation is 2. The predicted octanol–water partition coefficient (Wildman–Crippen LogP) is 4.61. The molecular weight excluding hydrogens is 268 g/mol. The van der Waals surface area contributed by atoms with Crippen LogP contribution in [-0.2, 0) is 12.3 Å². The molecule has 0 N–H and O–H groups in total. The van der Waals surface area contributed by atoms with Gasteiger partial charge in [-0.15, -0.1) is 11.6 Å². The monoisotopic (exact) mass is 284 g/mol. The number of halogens is 1. The molecule has 20 heavy (non-hydrogen) atoms. The van der Waals surface area contributed by atoms with Gasteiger partial charge in [-0.05, 0) is 30.5 Å². The Labute approximate surface area is 124 Å². The molecule has 2 heterocycles. The lowest BCUT2D eigenvalue weighted by Crippen LogP contribution is -1.92. The van der Waals surface area contributed by atoms with Crippen LogP contribution in [0, 0.1) is 6.92 Å². The molecule has 0 saturated carbocycles. The lowest BCUT2D eigenvalue weighted by atomic mass is 10.1. The van der Waals surface area contributed by atoms with Crippen LogP contribution in [0.1, 0.15) is 23.7 Å². The first-order chi connectivity index (χ1) is 9.72. The molecule has 2 aromatic heterocycles. The van der Waals surface area contributed by atoms with Crippen molar-refractivity contribution in [3.8, 4) is 11.3 Å². The summed E-state index contributed by atoms with van der Waals surface area (Å²) < 4.78 is 2.09. The van der Waals surface area contributed by atoms with Crippen molar-refractivity contribution in [3.63, 3.8) is 0 Å². The van der Waals surface area contributed by atoms with Crippen LogP contribution in [-0.4, -0.2) is 9.38 Å². The average molecular weight is 285 g/mol. The maximum absolute atomic E-state index is 6.15. The number of nitrogens with zero attached hydrogens (tertiary/aromatic N) is 2. The summed E-state index contributed by atoms with van der Waals surface area (Å²) in [7, 11) is 0. The zero-order valence-electron chi connectivity index (χ0n) is 11.7. The average Bonchev–Trinajstić information content (AvgIpc) is 2.85. The van der Waals surface area contributed by atoms with Gasteiger partial charge < -0.3 is 4.40 Å². The van der Waals surface area contributed by atoms with Crippen molar-refractivity contribution < 1.29 is 0 Å². The number of pyridine rings is 1.